The van der Waals surface area contributed by atoms with Gasteiger partial charge in [0.25, 0.3) is 0 Å². The van der Waals surface area contributed by atoms with Crippen LogP contribution in [0.3, 0.4) is 0 Å². The first kappa shape index (κ1) is 20.4. The molecule has 158 valence electrons. The molecule has 30 heavy (non-hydrogen) atoms. The summed E-state index contributed by atoms with van der Waals surface area (Å²) in [7, 11) is 0. The van der Waals surface area contributed by atoms with Crippen molar-refractivity contribution in [1.82, 2.24) is 0 Å². The molecule has 0 amide bonds. The van der Waals surface area contributed by atoms with E-state index in [9.17, 15) is 9.90 Å². The Bertz CT molecular complexity index is 928. The Morgan fingerprint density at radius 2 is 1.53 bits per heavy atom. The molecule has 2 nitrogen and oxygen atoms in total. The number of halogens is 2. The summed E-state index contributed by atoms with van der Waals surface area (Å²) >= 11 is 12.1. The molecule has 2 aromatic carbocycles. The number of hydrogen-bond donors (Lipinski definition) is 1. The molecule has 0 unspecified atom stereocenters. The minimum Gasteiger partial charge on any atom is -0.506 e. The zero-order valence-corrected chi connectivity index (χ0v) is 18.7. The number of ketones is 1. The molecule has 0 aromatic heterocycles. The number of rotatable bonds is 6. The van der Waals surface area contributed by atoms with Crippen LogP contribution < -0.4 is 0 Å². The highest BCUT2D eigenvalue weighted by atomic mass is 35.5. The number of benzene rings is 2. The summed E-state index contributed by atoms with van der Waals surface area (Å²) in [6, 6.07) is 11.3. The van der Waals surface area contributed by atoms with Gasteiger partial charge in [0.05, 0.1) is 5.02 Å². The van der Waals surface area contributed by atoms with E-state index in [-0.39, 0.29) is 16.2 Å². The molecule has 1 N–H and O–H groups in total. The molecule has 4 saturated carbocycles. The minimum atomic E-state index is 0.100. The minimum absolute atomic E-state index is 0.100. The molecule has 4 fully saturated rings. The summed E-state index contributed by atoms with van der Waals surface area (Å²) in [4.78, 5) is 13.1. The van der Waals surface area contributed by atoms with E-state index in [1.54, 1.807) is 12.1 Å². The van der Waals surface area contributed by atoms with Gasteiger partial charge in [-0.2, -0.15) is 0 Å². The van der Waals surface area contributed by atoms with Crippen molar-refractivity contribution >= 4 is 29.0 Å². The fourth-order valence-corrected chi connectivity index (χ4v) is 7.43. The maximum Gasteiger partial charge on any atom is 0.163 e. The van der Waals surface area contributed by atoms with Gasteiger partial charge in [-0.25, -0.2) is 0 Å². The van der Waals surface area contributed by atoms with Crippen LogP contribution in [0.5, 0.6) is 5.75 Å². The molecule has 0 radical (unpaired) electrons. The third kappa shape index (κ3) is 4.01. The predicted octanol–water partition coefficient (Wildman–Crippen LogP) is 7.27. The van der Waals surface area contributed by atoms with Gasteiger partial charge >= 0.3 is 0 Å². The largest absolute Gasteiger partial charge is 0.506 e. The highest BCUT2D eigenvalue weighted by Crippen LogP contribution is 2.61. The summed E-state index contributed by atoms with van der Waals surface area (Å²) in [5, 5.41) is 10.9. The van der Waals surface area contributed by atoms with Gasteiger partial charge in [0, 0.05) is 17.0 Å². The number of hydrogen-bond acceptors (Lipinski definition) is 2. The number of Topliss-reactive ketones (excluding diaryl/α,β-unsaturated/α-hetero) is 1. The number of aromatic hydroxyl groups is 1. The van der Waals surface area contributed by atoms with Crippen LogP contribution >= 0.6 is 23.2 Å². The van der Waals surface area contributed by atoms with E-state index in [0.29, 0.717) is 17.2 Å². The van der Waals surface area contributed by atoms with Gasteiger partial charge in [0.2, 0.25) is 0 Å². The summed E-state index contributed by atoms with van der Waals surface area (Å²) in [6.07, 6.45) is 10.2. The number of carbonyl (C=O) groups is 1. The molecule has 0 spiro atoms. The number of phenols is 1. The molecule has 4 aliphatic rings. The van der Waals surface area contributed by atoms with E-state index in [2.05, 4.69) is 0 Å². The van der Waals surface area contributed by atoms with E-state index >= 15 is 0 Å². The molecule has 0 atom stereocenters. The third-order valence-corrected chi connectivity index (χ3v) is 8.27. The molecule has 0 heterocycles. The molecule has 4 heteroatoms. The molecule has 4 bridgehead atoms. The van der Waals surface area contributed by atoms with Crippen molar-refractivity contribution in [2.75, 3.05) is 0 Å². The average Bonchev–Trinajstić information content (AvgIpc) is 2.68. The van der Waals surface area contributed by atoms with Crippen LogP contribution in [-0.4, -0.2) is 10.9 Å². The first-order valence-corrected chi connectivity index (χ1v) is 11.9. The van der Waals surface area contributed by atoms with Crippen molar-refractivity contribution in [1.29, 1.82) is 0 Å². The first-order valence-electron chi connectivity index (χ1n) is 11.2. The summed E-state index contributed by atoms with van der Waals surface area (Å²) in [5.41, 5.74) is 3.00. The second-order valence-corrected chi connectivity index (χ2v) is 11.0. The predicted molar refractivity (Wildman–Crippen MR) is 122 cm³/mol. The van der Waals surface area contributed by atoms with Crippen LogP contribution in [0.15, 0.2) is 36.4 Å². The number of phenolic OH excluding ortho intramolecular Hbond substituents is 1. The lowest BCUT2D eigenvalue weighted by molar-refractivity contribution is -0.0524. The van der Waals surface area contributed by atoms with Crippen molar-refractivity contribution in [2.24, 2.45) is 23.2 Å². The molecular weight excluding hydrogens is 415 g/mol. The van der Waals surface area contributed by atoms with Gasteiger partial charge in [-0.05, 0) is 97.8 Å². The number of carbonyl (C=O) groups excluding carboxylic acids is 1. The normalized spacial score (nSPS) is 29.3. The maximum atomic E-state index is 13.1. The summed E-state index contributed by atoms with van der Waals surface area (Å²) in [6.45, 7) is 0. The van der Waals surface area contributed by atoms with Gasteiger partial charge in [0.15, 0.2) is 5.78 Å². The lowest BCUT2D eigenvalue weighted by atomic mass is 9.48. The van der Waals surface area contributed by atoms with Crippen LogP contribution in [0.2, 0.25) is 10.0 Å². The van der Waals surface area contributed by atoms with Gasteiger partial charge in [-0.1, -0.05) is 47.5 Å². The molecule has 2 aromatic rings. The second kappa shape index (κ2) is 7.88. The maximum absolute atomic E-state index is 13.1. The van der Waals surface area contributed by atoms with Crippen LogP contribution in [0.4, 0.5) is 0 Å². The lowest BCUT2D eigenvalue weighted by Crippen LogP contribution is -2.46. The molecular formula is C26H28Cl2O2. The Kier molecular flexibility index (Phi) is 5.35. The summed E-state index contributed by atoms with van der Waals surface area (Å²) in [5.74, 6) is 3.04. The quantitative estimate of drug-likeness (QED) is 0.477. The van der Waals surface area contributed by atoms with E-state index in [4.69, 9.17) is 23.2 Å². The van der Waals surface area contributed by atoms with Gasteiger partial charge < -0.3 is 5.11 Å². The zero-order valence-electron chi connectivity index (χ0n) is 17.2. The van der Waals surface area contributed by atoms with E-state index in [1.807, 2.05) is 24.3 Å². The van der Waals surface area contributed by atoms with Crippen molar-refractivity contribution in [3.63, 3.8) is 0 Å². The molecule has 4 aliphatic carbocycles. The standard InChI is InChI=1S/C26H28Cl2O2/c27-22-10-21(25(30)23(28)11-22)6-3-16-1-4-20(5-2-16)24(29)15-26-12-17-7-18(13-26)9-19(8-17)14-26/h1-2,4-5,10-11,17-19,30H,3,6-9,12-15H2. The molecule has 0 saturated heterocycles. The van der Waals surface area contributed by atoms with Crippen molar-refractivity contribution in [3.05, 3.63) is 63.1 Å². The third-order valence-electron chi connectivity index (χ3n) is 7.77. The van der Waals surface area contributed by atoms with Crippen LogP contribution in [0.25, 0.3) is 0 Å². The van der Waals surface area contributed by atoms with Crippen molar-refractivity contribution in [2.45, 2.75) is 57.8 Å². The van der Waals surface area contributed by atoms with Crippen LogP contribution in [0.1, 0.15) is 66.4 Å². The fraction of sp³-hybridized carbons (Fsp3) is 0.500. The Balaban J connectivity index is 1.23. The second-order valence-electron chi connectivity index (χ2n) is 10.1. The van der Waals surface area contributed by atoms with E-state index in [0.717, 1.165) is 47.3 Å². The van der Waals surface area contributed by atoms with Crippen molar-refractivity contribution in [3.8, 4) is 5.75 Å². The van der Waals surface area contributed by atoms with Crippen LogP contribution in [0, 0.1) is 23.2 Å². The van der Waals surface area contributed by atoms with Gasteiger partial charge in [-0.15, -0.1) is 0 Å². The average molecular weight is 443 g/mol. The van der Waals surface area contributed by atoms with Gasteiger partial charge in [0.1, 0.15) is 5.75 Å². The zero-order chi connectivity index (χ0) is 20.9. The van der Waals surface area contributed by atoms with Gasteiger partial charge in [-0.3, -0.25) is 4.79 Å². The molecule has 0 aliphatic heterocycles. The Hall–Kier alpha value is -1.51. The Labute approximate surface area is 188 Å². The highest BCUT2D eigenvalue weighted by molar-refractivity contribution is 6.35. The fourth-order valence-electron chi connectivity index (χ4n) is 6.90. The smallest absolute Gasteiger partial charge is 0.163 e. The van der Waals surface area contributed by atoms with E-state index in [1.165, 1.54) is 38.5 Å². The SMILES string of the molecule is O=C(CC12CC3CC(CC(C3)C1)C2)c1ccc(CCc2cc(Cl)cc(Cl)c2O)cc1. The summed E-state index contributed by atoms with van der Waals surface area (Å²) < 4.78 is 0. The Morgan fingerprint density at radius 3 is 2.13 bits per heavy atom. The van der Waals surface area contributed by atoms with E-state index < -0.39 is 0 Å². The lowest BCUT2D eigenvalue weighted by Gasteiger charge is -2.56. The van der Waals surface area contributed by atoms with Crippen LogP contribution in [-0.2, 0) is 12.8 Å². The monoisotopic (exact) mass is 442 g/mol. The Morgan fingerprint density at radius 1 is 0.933 bits per heavy atom. The first-order chi connectivity index (χ1) is 14.4. The molecule has 6 rings (SSSR count). The number of aryl methyl sites for hydroxylation is 2. The highest BCUT2D eigenvalue weighted by Gasteiger charge is 2.51. The van der Waals surface area contributed by atoms with Crippen molar-refractivity contribution < 1.29 is 9.90 Å². The topological polar surface area (TPSA) is 37.3 Å².